The van der Waals surface area contributed by atoms with E-state index in [1.54, 1.807) is 18.2 Å². The first kappa shape index (κ1) is 18.3. The topological polar surface area (TPSA) is 92.7 Å². The van der Waals surface area contributed by atoms with Crippen LogP contribution in [-0.2, 0) is 6.54 Å². The number of hydrogen-bond donors (Lipinski definition) is 2. The van der Waals surface area contributed by atoms with Crippen molar-refractivity contribution in [2.45, 2.75) is 25.3 Å². The van der Waals surface area contributed by atoms with Crippen LogP contribution in [0.1, 0.15) is 34.9 Å². The molecule has 30 heavy (non-hydrogen) atoms. The summed E-state index contributed by atoms with van der Waals surface area (Å²) in [4.78, 5) is 24.5. The summed E-state index contributed by atoms with van der Waals surface area (Å²) >= 11 is 0. The van der Waals surface area contributed by atoms with Crippen molar-refractivity contribution in [2.24, 2.45) is 0 Å². The third-order valence-corrected chi connectivity index (χ3v) is 5.38. The Hall–Kier alpha value is -3.74. The van der Waals surface area contributed by atoms with Crippen LogP contribution in [0.3, 0.4) is 0 Å². The zero-order valence-electron chi connectivity index (χ0n) is 16.3. The van der Waals surface area contributed by atoms with Gasteiger partial charge in [0.15, 0.2) is 0 Å². The minimum Gasteiger partial charge on any atom is -0.349 e. The molecule has 1 aliphatic carbocycles. The predicted octanol–water partition coefficient (Wildman–Crippen LogP) is 3.09. The zero-order chi connectivity index (χ0) is 20.5. The number of hydrogen-bond acceptors (Lipinski definition) is 4. The number of carbonyl (C=O) groups is 1. The highest BCUT2D eigenvalue weighted by molar-refractivity contribution is 5.98. The van der Waals surface area contributed by atoms with E-state index in [0.717, 1.165) is 34.9 Å². The van der Waals surface area contributed by atoms with Crippen molar-refractivity contribution in [3.8, 4) is 11.3 Å². The largest absolute Gasteiger partial charge is 0.349 e. The Morgan fingerprint density at radius 1 is 1.10 bits per heavy atom. The second-order valence-corrected chi connectivity index (χ2v) is 7.54. The monoisotopic (exact) mass is 399 g/mol. The zero-order valence-corrected chi connectivity index (χ0v) is 16.3. The molecule has 0 saturated heterocycles. The summed E-state index contributed by atoms with van der Waals surface area (Å²) in [7, 11) is 0. The van der Waals surface area contributed by atoms with Crippen molar-refractivity contribution in [3.63, 3.8) is 0 Å². The first-order valence-electron chi connectivity index (χ1n) is 10.1. The van der Waals surface area contributed by atoms with Crippen LogP contribution in [0, 0.1) is 0 Å². The molecule has 2 aromatic heterocycles. The van der Waals surface area contributed by atoms with Gasteiger partial charge in [0.1, 0.15) is 5.69 Å². The van der Waals surface area contributed by atoms with E-state index >= 15 is 0 Å². The average Bonchev–Trinajstić information content (AvgIpc) is 3.50. The van der Waals surface area contributed by atoms with Gasteiger partial charge in [-0.2, -0.15) is 10.2 Å². The number of nitrogens with one attached hydrogen (secondary N) is 2. The van der Waals surface area contributed by atoms with Gasteiger partial charge in [0.2, 0.25) is 0 Å². The van der Waals surface area contributed by atoms with Crippen molar-refractivity contribution >= 4 is 16.7 Å². The molecule has 0 bridgehead atoms. The molecule has 0 aliphatic heterocycles. The SMILES string of the molecule is O=C(NCCn1nc(C2CC2)ccc1=O)c1cc(-c2cccc3ccccc23)n[nH]1. The van der Waals surface area contributed by atoms with Crippen LogP contribution in [0.25, 0.3) is 22.0 Å². The van der Waals surface area contributed by atoms with Crippen LogP contribution in [0.4, 0.5) is 0 Å². The molecule has 0 unspecified atom stereocenters. The van der Waals surface area contributed by atoms with E-state index in [9.17, 15) is 9.59 Å². The Morgan fingerprint density at radius 3 is 2.80 bits per heavy atom. The van der Waals surface area contributed by atoms with Gasteiger partial charge in [-0.3, -0.25) is 14.7 Å². The molecule has 0 radical (unpaired) electrons. The van der Waals surface area contributed by atoms with Crippen LogP contribution < -0.4 is 10.9 Å². The first-order chi connectivity index (χ1) is 14.7. The second kappa shape index (κ2) is 7.59. The molecular formula is C23H21N5O2. The fourth-order valence-corrected chi connectivity index (χ4v) is 3.62. The Morgan fingerprint density at radius 2 is 1.93 bits per heavy atom. The molecule has 1 saturated carbocycles. The molecule has 1 fully saturated rings. The van der Waals surface area contributed by atoms with Gasteiger partial charge in [0.05, 0.1) is 17.9 Å². The maximum Gasteiger partial charge on any atom is 0.269 e. The number of aromatic amines is 1. The van der Waals surface area contributed by atoms with Crippen LogP contribution in [0.2, 0.25) is 0 Å². The van der Waals surface area contributed by atoms with Crippen molar-refractivity contribution in [1.29, 1.82) is 0 Å². The predicted molar refractivity (Wildman–Crippen MR) is 114 cm³/mol. The molecule has 2 N–H and O–H groups in total. The number of rotatable bonds is 6. The molecule has 150 valence electrons. The first-order valence-corrected chi connectivity index (χ1v) is 10.1. The lowest BCUT2D eigenvalue weighted by Crippen LogP contribution is -2.32. The van der Waals surface area contributed by atoms with E-state index in [1.165, 1.54) is 4.68 Å². The summed E-state index contributed by atoms with van der Waals surface area (Å²) < 4.78 is 1.42. The molecule has 0 spiro atoms. The van der Waals surface area contributed by atoms with Crippen LogP contribution in [0.15, 0.2) is 65.5 Å². The molecular weight excluding hydrogens is 378 g/mol. The lowest BCUT2D eigenvalue weighted by atomic mass is 10.0. The molecule has 4 aromatic rings. The van der Waals surface area contributed by atoms with Gasteiger partial charge in [0.25, 0.3) is 11.5 Å². The third-order valence-electron chi connectivity index (χ3n) is 5.38. The molecule has 7 heteroatoms. The van der Waals surface area contributed by atoms with Crippen molar-refractivity contribution in [2.75, 3.05) is 6.54 Å². The molecule has 0 atom stereocenters. The second-order valence-electron chi connectivity index (χ2n) is 7.54. The fraction of sp³-hybridized carbons (Fsp3) is 0.217. The van der Waals surface area contributed by atoms with E-state index < -0.39 is 0 Å². The molecule has 1 aliphatic rings. The number of carbonyl (C=O) groups excluding carboxylic acids is 1. The number of nitrogens with zero attached hydrogens (tertiary/aromatic N) is 3. The highest BCUT2D eigenvalue weighted by Crippen LogP contribution is 2.38. The normalized spacial score (nSPS) is 13.5. The summed E-state index contributed by atoms with van der Waals surface area (Å²) in [6, 6.07) is 19.2. The van der Waals surface area contributed by atoms with Gasteiger partial charge in [-0.05, 0) is 35.7 Å². The van der Waals surface area contributed by atoms with Gasteiger partial charge in [-0.15, -0.1) is 0 Å². The minimum absolute atomic E-state index is 0.159. The van der Waals surface area contributed by atoms with Crippen LogP contribution in [0.5, 0.6) is 0 Å². The van der Waals surface area contributed by atoms with Gasteiger partial charge >= 0.3 is 0 Å². The van der Waals surface area contributed by atoms with Gasteiger partial charge in [-0.1, -0.05) is 42.5 Å². The number of benzene rings is 2. The summed E-state index contributed by atoms with van der Waals surface area (Å²) in [6.45, 7) is 0.637. The highest BCUT2D eigenvalue weighted by atomic mass is 16.2. The summed E-state index contributed by atoms with van der Waals surface area (Å²) in [5.74, 6) is 0.212. The van der Waals surface area contributed by atoms with Gasteiger partial charge < -0.3 is 5.32 Å². The standard InChI is InChI=1S/C23H21N5O2/c29-22-11-10-19(16-8-9-16)27-28(22)13-12-24-23(30)21-14-20(25-26-21)18-7-3-5-15-4-1-2-6-17(15)18/h1-7,10-11,14,16H,8-9,12-13H2,(H,24,30)(H,25,26). The van der Waals surface area contributed by atoms with E-state index in [0.29, 0.717) is 30.4 Å². The Kier molecular flexibility index (Phi) is 4.63. The van der Waals surface area contributed by atoms with E-state index in [2.05, 4.69) is 20.6 Å². The summed E-state index contributed by atoms with van der Waals surface area (Å²) in [6.07, 6.45) is 2.25. The average molecular weight is 399 g/mol. The lowest BCUT2D eigenvalue weighted by molar-refractivity contribution is 0.0946. The van der Waals surface area contributed by atoms with Gasteiger partial charge in [-0.25, -0.2) is 4.68 Å². The van der Waals surface area contributed by atoms with Gasteiger partial charge in [0, 0.05) is 24.1 Å². The minimum atomic E-state index is -0.264. The number of fused-ring (bicyclic) bond motifs is 1. The summed E-state index contributed by atoms with van der Waals surface area (Å²) in [5, 5.41) is 16.6. The molecule has 2 aromatic carbocycles. The Labute approximate surface area is 172 Å². The summed E-state index contributed by atoms with van der Waals surface area (Å²) in [5.41, 5.74) is 2.86. The number of amides is 1. The van der Waals surface area contributed by atoms with Crippen LogP contribution >= 0.6 is 0 Å². The lowest BCUT2D eigenvalue weighted by Gasteiger charge is -2.07. The van der Waals surface area contributed by atoms with Crippen molar-refractivity contribution in [1.82, 2.24) is 25.3 Å². The third kappa shape index (κ3) is 3.61. The smallest absolute Gasteiger partial charge is 0.269 e. The highest BCUT2D eigenvalue weighted by Gasteiger charge is 2.25. The van der Waals surface area contributed by atoms with E-state index in [-0.39, 0.29) is 11.5 Å². The fourth-order valence-electron chi connectivity index (χ4n) is 3.62. The number of H-pyrrole nitrogens is 1. The number of aromatic nitrogens is 4. The molecule has 5 rings (SSSR count). The molecule has 2 heterocycles. The molecule has 1 amide bonds. The Balaban J connectivity index is 1.27. The van der Waals surface area contributed by atoms with E-state index in [1.807, 2.05) is 42.5 Å². The Bertz CT molecular complexity index is 1280. The maximum atomic E-state index is 12.5. The van der Waals surface area contributed by atoms with Crippen molar-refractivity contribution < 1.29 is 4.79 Å². The molecule has 7 nitrogen and oxygen atoms in total. The quantitative estimate of drug-likeness (QED) is 0.521. The maximum absolute atomic E-state index is 12.5. The van der Waals surface area contributed by atoms with E-state index in [4.69, 9.17) is 0 Å². The van der Waals surface area contributed by atoms with Crippen molar-refractivity contribution in [3.05, 3.63) is 82.4 Å². The van der Waals surface area contributed by atoms with Crippen LogP contribution in [-0.4, -0.2) is 32.4 Å².